The van der Waals surface area contributed by atoms with Gasteiger partial charge in [-0.05, 0) is 41.8 Å². The second-order valence-electron chi connectivity index (χ2n) is 7.25. The predicted octanol–water partition coefficient (Wildman–Crippen LogP) is 3.70. The Hall–Kier alpha value is -2.64. The van der Waals surface area contributed by atoms with Gasteiger partial charge >= 0.3 is 0 Å². The van der Waals surface area contributed by atoms with E-state index < -0.39 is 10.0 Å². The topological polar surface area (TPSA) is 71.4 Å². The number of carbonyl (C=O) groups is 1. The first-order valence-electron chi connectivity index (χ1n) is 10.3. The van der Waals surface area contributed by atoms with Crippen molar-refractivity contribution in [3.8, 4) is 0 Å². The lowest BCUT2D eigenvalue weighted by Crippen LogP contribution is -2.30. The lowest BCUT2D eigenvalue weighted by Gasteiger charge is -2.18. The highest BCUT2D eigenvalue weighted by Gasteiger charge is 2.23. The number of sulfonamides is 1. The van der Waals surface area contributed by atoms with E-state index >= 15 is 0 Å². The third-order valence-electron chi connectivity index (χ3n) is 5.47. The molecule has 0 aliphatic carbocycles. The Kier molecular flexibility index (Phi) is 6.63. The van der Waals surface area contributed by atoms with E-state index in [1.165, 1.54) is 9.87 Å². The van der Waals surface area contributed by atoms with Crippen LogP contribution in [-0.4, -0.2) is 36.3 Å². The van der Waals surface area contributed by atoms with Crippen LogP contribution in [0.3, 0.4) is 0 Å². The SMILES string of the molecule is CCc1ccc(CNC(=O)c2cc3cc(S(=O)(=O)N(CC)CC)ccc3n2C)cc1. The van der Waals surface area contributed by atoms with Crippen LogP contribution in [0.4, 0.5) is 0 Å². The molecule has 30 heavy (non-hydrogen) atoms. The molecule has 160 valence electrons. The van der Waals surface area contributed by atoms with E-state index in [0.717, 1.165) is 22.9 Å². The maximum Gasteiger partial charge on any atom is 0.268 e. The number of hydrogen-bond acceptors (Lipinski definition) is 3. The summed E-state index contributed by atoms with van der Waals surface area (Å²) in [6, 6.07) is 14.9. The zero-order chi connectivity index (χ0) is 21.9. The number of rotatable bonds is 8. The molecule has 0 atom stereocenters. The van der Waals surface area contributed by atoms with E-state index in [-0.39, 0.29) is 10.8 Å². The van der Waals surface area contributed by atoms with E-state index in [1.807, 2.05) is 33.0 Å². The molecule has 1 aromatic heterocycles. The van der Waals surface area contributed by atoms with Crippen LogP contribution in [0.15, 0.2) is 53.4 Å². The first-order chi connectivity index (χ1) is 14.3. The average Bonchev–Trinajstić information content (AvgIpc) is 3.09. The van der Waals surface area contributed by atoms with Crippen molar-refractivity contribution in [3.63, 3.8) is 0 Å². The average molecular weight is 428 g/mol. The van der Waals surface area contributed by atoms with Gasteiger partial charge in [0.25, 0.3) is 5.91 Å². The van der Waals surface area contributed by atoms with Crippen LogP contribution in [0, 0.1) is 0 Å². The number of hydrogen-bond donors (Lipinski definition) is 1. The van der Waals surface area contributed by atoms with Crippen LogP contribution in [0.25, 0.3) is 10.9 Å². The highest BCUT2D eigenvalue weighted by atomic mass is 32.2. The van der Waals surface area contributed by atoms with Crippen LogP contribution in [-0.2, 0) is 30.0 Å². The predicted molar refractivity (Wildman–Crippen MR) is 120 cm³/mol. The van der Waals surface area contributed by atoms with Crippen molar-refractivity contribution in [3.05, 3.63) is 65.4 Å². The number of aromatic nitrogens is 1. The maximum atomic E-state index is 12.8. The van der Waals surface area contributed by atoms with Crippen molar-refractivity contribution in [1.82, 2.24) is 14.2 Å². The fourth-order valence-corrected chi connectivity index (χ4v) is 5.08. The lowest BCUT2D eigenvalue weighted by molar-refractivity contribution is 0.0943. The number of fused-ring (bicyclic) bond motifs is 1. The van der Waals surface area contributed by atoms with Crippen LogP contribution in [0.1, 0.15) is 42.4 Å². The number of nitrogens with one attached hydrogen (secondary N) is 1. The highest BCUT2D eigenvalue weighted by molar-refractivity contribution is 7.89. The van der Waals surface area contributed by atoms with Crippen molar-refractivity contribution >= 4 is 26.8 Å². The molecule has 3 rings (SSSR count). The van der Waals surface area contributed by atoms with E-state index in [0.29, 0.717) is 25.3 Å². The number of amides is 1. The van der Waals surface area contributed by atoms with Crippen LogP contribution in [0.5, 0.6) is 0 Å². The van der Waals surface area contributed by atoms with Crippen LogP contribution >= 0.6 is 0 Å². The lowest BCUT2D eigenvalue weighted by atomic mass is 10.1. The number of nitrogens with zero attached hydrogens (tertiary/aromatic N) is 2. The third kappa shape index (κ3) is 4.27. The van der Waals surface area contributed by atoms with Gasteiger partial charge < -0.3 is 9.88 Å². The summed E-state index contributed by atoms with van der Waals surface area (Å²) in [4.78, 5) is 13.0. The Balaban J connectivity index is 1.84. The molecule has 0 bridgehead atoms. The molecule has 1 heterocycles. The number of carbonyl (C=O) groups excluding carboxylic acids is 1. The van der Waals surface area contributed by atoms with E-state index in [9.17, 15) is 13.2 Å². The van der Waals surface area contributed by atoms with Gasteiger partial charge in [0.2, 0.25) is 10.0 Å². The summed E-state index contributed by atoms with van der Waals surface area (Å²) in [5.41, 5.74) is 3.60. The molecule has 0 aliphatic rings. The molecule has 0 fully saturated rings. The zero-order valence-electron chi connectivity index (χ0n) is 18.0. The minimum atomic E-state index is -3.55. The molecule has 0 saturated carbocycles. The Bertz CT molecular complexity index is 1140. The summed E-state index contributed by atoms with van der Waals surface area (Å²) in [5, 5.41) is 3.67. The summed E-state index contributed by atoms with van der Waals surface area (Å²) in [7, 11) is -1.73. The summed E-state index contributed by atoms with van der Waals surface area (Å²) in [6.07, 6.45) is 0.981. The zero-order valence-corrected chi connectivity index (χ0v) is 18.8. The Morgan fingerprint density at radius 2 is 1.60 bits per heavy atom. The van der Waals surface area contributed by atoms with Gasteiger partial charge in [-0.25, -0.2) is 8.42 Å². The van der Waals surface area contributed by atoms with Crippen LogP contribution < -0.4 is 5.32 Å². The largest absolute Gasteiger partial charge is 0.347 e. The van der Waals surface area contributed by atoms with Crippen LogP contribution in [0.2, 0.25) is 0 Å². The van der Waals surface area contributed by atoms with Gasteiger partial charge in [0, 0.05) is 37.6 Å². The molecular formula is C23H29N3O3S. The smallest absolute Gasteiger partial charge is 0.268 e. The van der Waals surface area contributed by atoms with E-state index in [1.54, 1.807) is 28.8 Å². The highest BCUT2D eigenvalue weighted by Crippen LogP contribution is 2.24. The van der Waals surface area contributed by atoms with Gasteiger partial charge in [-0.2, -0.15) is 4.31 Å². The molecular weight excluding hydrogens is 398 g/mol. The van der Waals surface area contributed by atoms with Crippen molar-refractivity contribution in [1.29, 1.82) is 0 Å². The normalized spacial score (nSPS) is 11.9. The van der Waals surface area contributed by atoms with Crippen molar-refractivity contribution in [2.75, 3.05) is 13.1 Å². The Labute approximate surface area is 178 Å². The number of benzene rings is 2. The molecule has 0 radical (unpaired) electrons. The Morgan fingerprint density at radius 3 is 2.20 bits per heavy atom. The Morgan fingerprint density at radius 1 is 0.967 bits per heavy atom. The molecule has 2 aromatic carbocycles. The summed E-state index contributed by atoms with van der Waals surface area (Å²) in [5.74, 6) is -0.193. The molecule has 6 nitrogen and oxygen atoms in total. The number of aryl methyl sites for hydroxylation is 2. The molecule has 0 spiro atoms. The van der Waals surface area contributed by atoms with E-state index in [2.05, 4.69) is 24.4 Å². The summed E-state index contributed by atoms with van der Waals surface area (Å²) >= 11 is 0. The van der Waals surface area contributed by atoms with Gasteiger partial charge in [-0.3, -0.25) is 4.79 Å². The van der Waals surface area contributed by atoms with Gasteiger partial charge in [0.15, 0.2) is 0 Å². The van der Waals surface area contributed by atoms with Crippen molar-refractivity contribution in [2.24, 2.45) is 7.05 Å². The molecule has 7 heteroatoms. The first-order valence-corrected chi connectivity index (χ1v) is 11.7. The van der Waals surface area contributed by atoms with Gasteiger partial charge in [-0.1, -0.05) is 45.0 Å². The monoisotopic (exact) mass is 427 g/mol. The van der Waals surface area contributed by atoms with Gasteiger partial charge in [0.05, 0.1) is 4.90 Å². The molecule has 0 aliphatic heterocycles. The molecule has 1 N–H and O–H groups in total. The molecule has 3 aromatic rings. The second-order valence-corrected chi connectivity index (χ2v) is 9.19. The van der Waals surface area contributed by atoms with E-state index in [4.69, 9.17) is 0 Å². The summed E-state index contributed by atoms with van der Waals surface area (Å²) in [6.45, 7) is 7.01. The maximum absolute atomic E-state index is 12.8. The van der Waals surface area contributed by atoms with Crippen molar-refractivity contribution < 1.29 is 13.2 Å². The second kappa shape index (κ2) is 9.02. The fourth-order valence-electron chi connectivity index (χ4n) is 3.58. The van der Waals surface area contributed by atoms with Crippen molar-refractivity contribution in [2.45, 2.75) is 38.6 Å². The van der Waals surface area contributed by atoms with Gasteiger partial charge in [0.1, 0.15) is 5.69 Å². The summed E-state index contributed by atoms with van der Waals surface area (Å²) < 4.78 is 28.8. The quantitative estimate of drug-likeness (QED) is 0.596. The third-order valence-corrected chi connectivity index (χ3v) is 7.52. The standard InChI is InChI=1S/C23H29N3O3S/c1-5-17-8-10-18(11-9-17)16-24-23(27)22-15-19-14-20(12-13-21(19)25(22)4)30(28,29)26(6-2)7-3/h8-15H,5-7,16H2,1-4H3,(H,24,27). The minimum absolute atomic E-state index is 0.193. The minimum Gasteiger partial charge on any atom is -0.347 e. The molecule has 0 saturated heterocycles. The first kappa shape index (κ1) is 22.1. The van der Waals surface area contributed by atoms with Gasteiger partial charge in [-0.15, -0.1) is 0 Å². The molecule has 1 amide bonds. The fraction of sp³-hybridized carbons (Fsp3) is 0.348. The molecule has 0 unspecified atom stereocenters.